The molecule has 47 heavy (non-hydrogen) atoms. The highest BCUT2D eigenvalue weighted by atomic mass is 32.1. The molecule has 0 spiro atoms. The SMILES string of the molecule is c1ccc2c(c1)oc1cc(N(c3cccc4c3sc3c4ccc4sc5ccccc5c43)c3cccc4oc5ccccc5c34)ccc12. The molecule has 11 aromatic rings. The molecule has 7 aromatic carbocycles. The summed E-state index contributed by atoms with van der Waals surface area (Å²) in [7, 11) is 0. The Morgan fingerprint density at radius 1 is 0.383 bits per heavy atom. The van der Waals surface area contributed by atoms with E-state index in [9.17, 15) is 0 Å². The molecule has 0 aliphatic rings. The maximum Gasteiger partial charge on any atom is 0.137 e. The highest BCUT2D eigenvalue weighted by molar-refractivity contribution is 7.30. The fraction of sp³-hybridized carbons (Fsp3) is 0. The van der Waals surface area contributed by atoms with Crippen LogP contribution in [0.1, 0.15) is 0 Å². The van der Waals surface area contributed by atoms with Gasteiger partial charge in [0.2, 0.25) is 0 Å². The fourth-order valence-electron chi connectivity index (χ4n) is 7.43. The molecule has 0 saturated carbocycles. The highest BCUT2D eigenvalue weighted by Gasteiger charge is 2.24. The van der Waals surface area contributed by atoms with Gasteiger partial charge in [-0.15, -0.1) is 22.7 Å². The molecule has 220 valence electrons. The molecule has 0 amide bonds. The minimum absolute atomic E-state index is 0.868. The second-order valence-corrected chi connectivity index (χ2v) is 14.1. The van der Waals surface area contributed by atoms with E-state index in [1.807, 2.05) is 46.9 Å². The number of nitrogens with zero attached hydrogens (tertiary/aromatic N) is 1. The van der Waals surface area contributed by atoms with Crippen molar-refractivity contribution in [2.75, 3.05) is 4.90 Å². The Bertz CT molecular complexity index is 3050. The van der Waals surface area contributed by atoms with E-state index >= 15 is 0 Å². The number of furan rings is 2. The van der Waals surface area contributed by atoms with Gasteiger partial charge >= 0.3 is 0 Å². The van der Waals surface area contributed by atoms with Crippen molar-refractivity contribution >= 4 is 124 Å². The van der Waals surface area contributed by atoms with E-state index in [0.717, 1.165) is 60.9 Å². The first-order chi connectivity index (χ1) is 23.3. The van der Waals surface area contributed by atoms with Crippen molar-refractivity contribution in [2.45, 2.75) is 0 Å². The molecule has 4 heterocycles. The Morgan fingerprint density at radius 3 is 1.94 bits per heavy atom. The number of para-hydroxylation sites is 2. The van der Waals surface area contributed by atoms with Crippen LogP contribution in [0, 0.1) is 0 Å². The zero-order valence-corrected chi connectivity index (χ0v) is 26.5. The van der Waals surface area contributed by atoms with E-state index in [-0.39, 0.29) is 0 Å². The van der Waals surface area contributed by atoms with Crippen molar-refractivity contribution in [2.24, 2.45) is 0 Å². The largest absolute Gasteiger partial charge is 0.456 e. The van der Waals surface area contributed by atoms with Crippen LogP contribution >= 0.6 is 22.7 Å². The molecule has 3 nitrogen and oxygen atoms in total. The molecule has 5 heteroatoms. The molecule has 0 saturated heterocycles. The van der Waals surface area contributed by atoms with Gasteiger partial charge in [0.15, 0.2) is 0 Å². The summed E-state index contributed by atoms with van der Waals surface area (Å²) >= 11 is 3.76. The van der Waals surface area contributed by atoms with Crippen LogP contribution < -0.4 is 4.90 Å². The van der Waals surface area contributed by atoms with Crippen molar-refractivity contribution in [3.05, 3.63) is 140 Å². The maximum absolute atomic E-state index is 6.43. The predicted molar refractivity (Wildman–Crippen MR) is 201 cm³/mol. The van der Waals surface area contributed by atoms with Gasteiger partial charge in [-0.05, 0) is 54.6 Å². The highest BCUT2D eigenvalue weighted by Crippen LogP contribution is 2.51. The van der Waals surface area contributed by atoms with Gasteiger partial charge in [0, 0.05) is 63.6 Å². The first-order valence-corrected chi connectivity index (χ1v) is 17.3. The van der Waals surface area contributed by atoms with Crippen LogP contribution in [-0.4, -0.2) is 0 Å². The number of fused-ring (bicyclic) bond motifs is 13. The summed E-state index contributed by atoms with van der Waals surface area (Å²) in [6.07, 6.45) is 0. The zero-order chi connectivity index (χ0) is 30.6. The average Bonchev–Trinajstić information content (AvgIpc) is 3.88. The van der Waals surface area contributed by atoms with E-state index in [1.54, 1.807) is 0 Å². The van der Waals surface area contributed by atoms with Crippen molar-refractivity contribution in [1.82, 2.24) is 0 Å². The molecular weight excluding hydrogens is 615 g/mol. The third-order valence-corrected chi connectivity index (χ3v) is 11.9. The summed E-state index contributed by atoms with van der Waals surface area (Å²) in [5, 5.41) is 9.67. The van der Waals surface area contributed by atoms with Gasteiger partial charge in [-0.2, -0.15) is 0 Å². The van der Waals surface area contributed by atoms with Gasteiger partial charge < -0.3 is 13.7 Å². The molecule has 4 aromatic heterocycles. The third kappa shape index (κ3) is 3.55. The number of anilines is 3. The lowest BCUT2D eigenvalue weighted by Gasteiger charge is -2.26. The monoisotopic (exact) mass is 637 g/mol. The van der Waals surface area contributed by atoms with Crippen LogP contribution in [0.15, 0.2) is 148 Å². The quantitative estimate of drug-likeness (QED) is 0.193. The molecule has 0 N–H and O–H groups in total. The zero-order valence-electron chi connectivity index (χ0n) is 24.9. The van der Waals surface area contributed by atoms with Gasteiger partial charge in [0.05, 0.1) is 21.5 Å². The molecule has 0 aliphatic heterocycles. The van der Waals surface area contributed by atoms with Crippen LogP contribution in [0.4, 0.5) is 17.1 Å². The molecular formula is C42H23NO2S2. The van der Waals surface area contributed by atoms with E-state index in [2.05, 4.69) is 120 Å². The average molecular weight is 638 g/mol. The Hall–Kier alpha value is -5.62. The summed E-state index contributed by atoms with van der Waals surface area (Å²) in [5.41, 5.74) is 6.75. The molecule has 0 fully saturated rings. The lowest BCUT2D eigenvalue weighted by Crippen LogP contribution is -2.10. The van der Waals surface area contributed by atoms with Gasteiger partial charge in [-0.3, -0.25) is 0 Å². The lowest BCUT2D eigenvalue weighted by atomic mass is 10.1. The Morgan fingerprint density at radius 2 is 1.02 bits per heavy atom. The Kier molecular flexibility index (Phi) is 5.14. The summed E-state index contributed by atoms with van der Waals surface area (Å²) in [6, 6.07) is 49.7. The lowest BCUT2D eigenvalue weighted by molar-refractivity contribution is 0.669. The number of rotatable bonds is 3. The second kappa shape index (κ2) is 9.46. The number of hydrogen-bond donors (Lipinski definition) is 0. The smallest absolute Gasteiger partial charge is 0.137 e. The minimum Gasteiger partial charge on any atom is -0.456 e. The first-order valence-electron chi connectivity index (χ1n) is 15.7. The van der Waals surface area contributed by atoms with Gasteiger partial charge in [0.1, 0.15) is 22.3 Å². The molecule has 0 bridgehead atoms. The van der Waals surface area contributed by atoms with Crippen molar-refractivity contribution in [3.63, 3.8) is 0 Å². The molecule has 0 unspecified atom stereocenters. The topological polar surface area (TPSA) is 29.5 Å². The normalized spacial score (nSPS) is 12.3. The van der Waals surface area contributed by atoms with E-state index in [4.69, 9.17) is 8.83 Å². The Balaban J connectivity index is 1.25. The van der Waals surface area contributed by atoms with Gasteiger partial charge in [0.25, 0.3) is 0 Å². The van der Waals surface area contributed by atoms with E-state index < -0.39 is 0 Å². The van der Waals surface area contributed by atoms with Crippen molar-refractivity contribution in [1.29, 1.82) is 0 Å². The molecule has 0 atom stereocenters. The van der Waals surface area contributed by atoms with Crippen LogP contribution in [0.5, 0.6) is 0 Å². The van der Waals surface area contributed by atoms with Crippen LogP contribution in [-0.2, 0) is 0 Å². The van der Waals surface area contributed by atoms with Gasteiger partial charge in [-0.25, -0.2) is 0 Å². The van der Waals surface area contributed by atoms with Crippen LogP contribution in [0.3, 0.4) is 0 Å². The second-order valence-electron chi connectivity index (χ2n) is 12.0. The summed E-state index contributed by atoms with van der Waals surface area (Å²) in [6.45, 7) is 0. The fourth-order valence-corrected chi connectivity index (χ4v) is 9.97. The summed E-state index contributed by atoms with van der Waals surface area (Å²) in [5.74, 6) is 0. The van der Waals surface area contributed by atoms with Crippen LogP contribution in [0.2, 0.25) is 0 Å². The van der Waals surface area contributed by atoms with Crippen molar-refractivity contribution in [3.8, 4) is 0 Å². The number of benzene rings is 7. The van der Waals surface area contributed by atoms with E-state index in [1.165, 1.54) is 40.3 Å². The van der Waals surface area contributed by atoms with E-state index in [0.29, 0.717) is 0 Å². The van der Waals surface area contributed by atoms with Crippen LogP contribution in [0.25, 0.3) is 84.2 Å². The third-order valence-electron chi connectivity index (χ3n) is 9.47. The minimum atomic E-state index is 0.868. The number of thiophene rings is 2. The standard InChI is InChI=1S/C42H23NO2S2/c1-4-15-33-25(9-1)26-20-19-24(23-36(26)45-33)43(31-13-8-17-35-39(31)29-10-2-5-16-34(29)44-35)32-14-7-12-27-28-21-22-38-40(42(28)47-41(27)32)30-11-3-6-18-37(30)46-38/h1-23H. The summed E-state index contributed by atoms with van der Waals surface area (Å²) in [4.78, 5) is 2.40. The maximum atomic E-state index is 6.43. The summed E-state index contributed by atoms with van der Waals surface area (Å²) < 4.78 is 18.1. The Labute approximate surface area is 276 Å². The van der Waals surface area contributed by atoms with Gasteiger partial charge in [-0.1, -0.05) is 78.9 Å². The molecule has 11 rings (SSSR count). The number of hydrogen-bond acceptors (Lipinski definition) is 5. The first kappa shape index (κ1) is 25.6. The van der Waals surface area contributed by atoms with Crippen molar-refractivity contribution < 1.29 is 8.83 Å². The predicted octanol–water partition coefficient (Wildman–Crippen LogP) is 13.7. The molecule has 0 aliphatic carbocycles. The molecule has 0 radical (unpaired) electrons.